The summed E-state index contributed by atoms with van der Waals surface area (Å²) in [5, 5.41) is 12.4. The van der Waals surface area contributed by atoms with E-state index in [1.54, 1.807) is 47.4 Å². The summed E-state index contributed by atoms with van der Waals surface area (Å²) in [6.07, 6.45) is 0.400. The lowest BCUT2D eigenvalue weighted by molar-refractivity contribution is -0.137. The number of carbonyl (C=O) groups excluding carboxylic acids is 2. The Balaban J connectivity index is 1.83. The molecule has 2 N–H and O–H groups in total. The van der Waals surface area contributed by atoms with Crippen LogP contribution in [0.5, 0.6) is 0 Å². The van der Waals surface area contributed by atoms with Gasteiger partial charge in [0.15, 0.2) is 0 Å². The largest absolute Gasteiger partial charge is 0.481 e. The van der Waals surface area contributed by atoms with Gasteiger partial charge in [0.1, 0.15) is 0 Å². The van der Waals surface area contributed by atoms with E-state index in [9.17, 15) is 19.5 Å². The monoisotopic (exact) mass is 386 g/mol. The van der Waals surface area contributed by atoms with Crippen LogP contribution in [0.15, 0.2) is 42.5 Å². The van der Waals surface area contributed by atoms with Gasteiger partial charge >= 0.3 is 5.97 Å². The van der Waals surface area contributed by atoms with E-state index in [1.807, 2.05) is 0 Å². The number of rotatable bonds is 5. The molecule has 0 bridgehead atoms. The molecule has 0 saturated heterocycles. The van der Waals surface area contributed by atoms with Crippen LogP contribution < -0.4 is 10.2 Å². The number of hydrogen-bond donors (Lipinski definition) is 2. The van der Waals surface area contributed by atoms with Gasteiger partial charge in [0.25, 0.3) is 5.91 Å². The van der Waals surface area contributed by atoms with Gasteiger partial charge in [-0.3, -0.25) is 14.4 Å². The molecule has 0 fully saturated rings. The second kappa shape index (κ2) is 7.80. The first-order valence-corrected chi connectivity index (χ1v) is 8.92. The molecule has 2 aromatic rings. The highest BCUT2D eigenvalue weighted by Crippen LogP contribution is 2.30. The van der Waals surface area contributed by atoms with Gasteiger partial charge in [0.2, 0.25) is 5.91 Å². The van der Waals surface area contributed by atoms with Crippen LogP contribution in [-0.4, -0.2) is 29.4 Å². The molecule has 0 aromatic heterocycles. The van der Waals surface area contributed by atoms with Crippen molar-refractivity contribution >= 4 is 35.1 Å². The SMILES string of the molecule is CC(=O)N1CCc2cc(C(=O)NC(CC(=O)O)c3ccccc3Cl)ccc21. The number of nitrogens with zero attached hydrogens (tertiary/aromatic N) is 1. The predicted molar refractivity (Wildman–Crippen MR) is 102 cm³/mol. The maximum atomic E-state index is 12.7. The van der Waals surface area contributed by atoms with Gasteiger partial charge in [0.05, 0.1) is 12.5 Å². The first kappa shape index (κ1) is 18.9. The van der Waals surface area contributed by atoms with E-state index in [-0.39, 0.29) is 18.2 Å². The van der Waals surface area contributed by atoms with Gasteiger partial charge in [0, 0.05) is 29.7 Å². The van der Waals surface area contributed by atoms with Crippen molar-refractivity contribution in [2.24, 2.45) is 0 Å². The fourth-order valence-corrected chi connectivity index (χ4v) is 3.55. The maximum absolute atomic E-state index is 12.7. The molecule has 1 heterocycles. The van der Waals surface area contributed by atoms with Gasteiger partial charge in [-0.15, -0.1) is 0 Å². The van der Waals surface area contributed by atoms with Crippen molar-refractivity contribution in [2.75, 3.05) is 11.4 Å². The smallest absolute Gasteiger partial charge is 0.305 e. The molecule has 0 spiro atoms. The molecule has 2 amide bonds. The van der Waals surface area contributed by atoms with Crippen LogP contribution in [-0.2, 0) is 16.0 Å². The molecule has 7 heteroatoms. The zero-order valence-electron chi connectivity index (χ0n) is 14.7. The van der Waals surface area contributed by atoms with Gasteiger partial charge in [-0.2, -0.15) is 0 Å². The fraction of sp³-hybridized carbons (Fsp3) is 0.250. The van der Waals surface area contributed by atoms with E-state index >= 15 is 0 Å². The molecule has 3 rings (SSSR count). The van der Waals surface area contributed by atoms with Crippen LogP contribution >= 0.6 is 11.6 Å². The van der Waals surface area contributed by atoms with Crippen LogP contribution in [0.4, 0.5) is 5.69 Å². The minimum atomic E-state index is -1.04. The summed E-state index contributed by atoms with van der Waals surface area (Å²) in [5.41, 5.74) is 2.71. The zero-order chi connectivity index (χ0) is 19.6. The predicted octanol–water partition coefficient (Wildman–Crippen LogP) is 3.19. The quantitative estimate of drug-likeness (QED) is 0.826. The molecule has 1 aliphatic rings. The molecule has 140 valence electrons. The minimum absolute atomic E-state index is 0.0359. The van der Waals surface area contributed by atoms with Crippen molar-refractivity contribution in [3.05, 3.63) is 64.2 Å². The average Bonchev–Trinajstić information content (AvgIpc) is 3.04. The number of anilines is 1. The fourth-order valence-electron chi connectivity index (χ4n) is 3.28. The zero-order valence-corrected chi connectivity index (χ0v) is 15.5. The Labute approximate surface area is 161 Å². The Hall–Kier alpha value is -2.86. The summed E-state index contributed by atoms with van der Waals surface area (Å²) in [5.74, 6) is -1.46. The minimum Gasteiger partial charge on any atom is -0.481 e. The molecule has 0 radical (unpaired) electrons. The Morgan fingerprint density at radius 1 is 1.22 bits per heavy atom. The van der Waals surface area contributed by atoms with Gasteiger partial charge in [-0.1, -0.05) is 29.8 Å². The summed E-state index contributed by atoms with van der Waals surface area (Å²) < 4.78 is 0. The van der Waals surface area contributed by atoms with E-state index in [2.05, 4.69) is 5.32 Å². The number of hydrogen-bond acceptors (Lipinski definition) is 3. The summed E-state index contributed by atoms with van der Waals surface area (Å²) in [4.78, 5) is 37.3. The highest BCUT2D eigenvalue weighted by molar-refractivity contribution is 6.31. The number of nitrogens with one attached hydrogen (secondary N) is 1. The maximum Gasteiger partial charge on any atom is 0.305 e. The second-order valence-corrected chi connectivity index (χ2v) is 6.82. The van der Waals surface area contributed by atoms with Crippen LogP contribution in [0.2, 0.25) is 5.02 Å². The molecule has 1 aliphatic heterocycles. The second-order valence-electron chi connectivity index (χ2n) is 6.41. The highest BCUT2D eigenvalue weighted by atomic mass is 35.5. The normalized spacial score (nSPS) is 13.8. The van der Waals surface area contributed by atoms with E-state index in [0.717, 1.165) is 11.3 Å². The van der Waals surface area contributed by atoms with Crippen molar-refractivity contribution in [1.82, 2.24) is 5.32 Å². The number of amides is 2. The summed E-state index contributed by atoms with van der Waals surface area (Å²) in [6, 6.07) is 11.2. The molecule has 6 nitrogen and oxygen atoms in total. The number of halogens is 1. The number of aliphatic carboxylic acids is 1. The molecule has 0 aliphatic carbocycles. The third-order valence-corrected chi connectivity index (χ3v) is 4.93. The Kier molecular flexibility index (Phi) is 5.46. The molecule has 1 atom stereocenters. The molecule has 27 heavy (non-hydrogen) atoms. The molecule has 0 saturated carbocycles. The van der Waals surface area contributed by atoms with Crippen LogP contribution in [0.3, 0.4) is 0 Å². The van der Waals surface area contributed by atoms with Crippen molar-refractivity contribution in [2.45, 2.75) is 25.8 Å². The topological polar surface area (TPSA) is 86.7 Å². The highest BCUT2D eigenvalue weighted by Gasteiger charge is 2.25. The summed E-state index contributed by atoms with van der Waals surface area (Å²) in [7, 11) is 0. The van der Waals surface area contributed by atoms with E-state index in [4.69, 9.17) is 11.6 Å². The lowest BCUT2D eigenvalue weighted by Crippen LogP contribution is -2.30. The third-order valence-electron chi connectivity index (χ3n) is 4.58. The Morgan fingerprint density at radius 2 is 1.96 bits per heavy atom. The lowest BCUT2D eigenvalue weighted by atomic mass is 10.0. The number of carboxylic acids is 1. The third kappa shape index (κ3) is 4.11. The summed E-state index contributed by atoms with van der Waals surface area (Å²) in [6.45, 7) is 2.10. The van der Waals surface area contributed by atoms with Crippen LogP contribution in [0, 0.1) is 0 Å². The average molecular weight is 387 g/mol. The first-order valence-electron chi connectivity index (χ1n) is 8.55. The molecule has 1 unspecified atom stereocenters. The lowest BCUT2D eigenvalue weighted by Gasteiger charge is -2.19. The number of carboxylic acid groups (broad SMARTS) is 1. The van der Waals surface area contributed by atoms with Crippen molar-refractivity contribution < 1.29 is 19.5 Å². The van der Waals surface area contributed by atoms with E-state index in [0.29, 0.717) is 29.1 Å². The molecule has 2 aromatic carbocycles. The Bertz CT molecular complexity index is 913. The molecular formula is C20H19ClN2O4. The van der Waals surface area contributed by atoms with Crippen LogP contribution in [0.1, 0.15) is 40.9 Å². The van der Waals surface area contributed by atoms with Crippen LogP contribution in [0.25, 0.3) is 0 Å². The number of carbonyl (C=O) groups is 3. The summed E-state index contributed by atoms with van der Waals surface area (Å²) >= 11 is 6.17. The van der Waals surface area contributed by atoms with Gasteiger partial charge in [-0.25, -0.2) is 0 Å². The standard InChI is InChI=1S/C20H19ClN2O4/c1-12(24)23-9-8-13-10-14(6-7-18(13)23)20(27)22-17(11-19(25)26)15-4-2-3-5-16(15)21/h2-7,10,17H,8-9,11H2,1H3,(H,22,27)(H,25,26). The van der Waals surface area contributed by atoms with Gasteiger partial charge < -0.3 is 15.3 Å². The first-order chi connectivity index (χ1) is 12.9. The van der Waals surface area contributed by atoms with Crippen molar-refractivity contribution in [3.63, 3.8) is 0 Å². The number of benzene rings is 2. The van der Waals surface area contributed by atoms with Crippen molar-refractivity contribution in [3.8, 4) is 0 Å². The van der Waals surface area contributed by atoms with Crippen molar-refractivity contribution in [1.29, 1.82) is 0 Å². The molecular weight excluding hydrogens is 368 g/mol. The van der Waals surface area contributed by atoms with Gasteiger partial charge in [-0.05, 0) is 41.8 Å². The Morgan fingerprint density at radius 3 is 2.63 bits per heavy atom. The van der Waals surface area contributed by atoms with E-state index < -0.39 is 12.0 Å². The number of fused-ring (bicyclic) bond motifs is 1. The van der Waals surface area contributed by atoms with E-state index in [1.165, 1.54) is 6.92 Å².